The minimum Gasteiger partial charge on any atom is -0.338 e. The zero-order valence-electron chi connectivity index (χ0n) is 17.4. The number of hydrogen-bond acceptors (Lipinski definition) is 3. The number of benzene rings is 2. The van der Waals surface area contributed by atoms with E-state index < -0.39 is 5.82 Å². The molecule has 1 atom stereocenters. The second kappa shape index (κ2) is 10.0. The van der Waals surface area contributed by atoms with Gasteiger partial charge in [0.05, 0.1) is 12.6 Å². The first-order valence-electron chi connectivity index (χ1n) is 10.1. The van der Waals surface area contributed by atoms with Crippen LogP contribution in [0.4, 0.5) is 4.39 Å². The van der Waals surface area contributed by atoms with Gasteiger partial charge in [0, 0.05) is 43.8 Å². The summed E-state index contributed by atoms with van der Waals surface area (Å²) in [6.07, 6.45) is 0.769. The quantitative estimate of drug-likeness (QED) is 0.722. The van der Waals surface area contributed by atoms with Crippen LogP contribution in [0, 0.1) is 5.82 Å². The molecular weight excluding hydrogens is 405 g/mol. The summed E-state index contributed by atoms with van der Waals surface area (Å²) in [6, 6.07) is 13.2. The molecule has 3 rings (SSSR count). The van der Waals surface area contributed by atoms with Crippen LogP contribution in [0.25, 0.3) is 0 Å². The molecule has 0 aromatic heterocycles. The molecule has 5 nitrogen and oxygen atoms in total. The SMILES string of the molecule is CC(c1ccc(Cl)cc1)N(C)C(=O)CN1CCCN(C(=O)c2cccc(F)c2)CC1. The molecule has 7 heteroatoms. The standard InChI is InChI=1S/C23H27ClFN3O2/c1-17(18-7-9-20(24)10-8-18)26(2)22(29)16-27-11-4-12-28(14-13-27)23(30)19-5-3-6-21(25)15-19/h3,5-10,15,17H,4,11-14,16H2,1-2H3. The van der Waals surface area contributed by atoms with Crippen molar-refractivity contribution in [2.75, 3.05) is 39.8 Å². The first kappa shape index (κ1) is 22.2. The van der Waals surface area contributed by atoms with Gasteiger partial charge in [-0.05, 0) is 49.2 Å². The van der Waals surface area contributed by atoms with E-state index in [4.69, 9.17) is 11.6 Å². The molecule has 1 saturated heterocycles. The van der Waals surface area contributed by atoms with E-state index >= 15 is 0 Å². The maximum Gasteiger partial charge on any atom is 0.254 e. The lowest BCUT2D eigenvalue weighted by atomic mass is 10.1. The van der Waals surface area contributed by atoms with E-state index in [1.807, 2.05) is 31.2 Å². The van der Waals surface area contributed by atoms with Gasteiger partial charge in [-0.1, -0.05) is 29.8 Å². The van der Waals surface area contributed by atoms with Gasteiger partial charge in [0.15, 0.2) is 0 Å². The molecule has 1 aliphatic rings. The van der Waals surface area contributed by atoms with Gasteiger partial charge < -0.3 is 9.80 Å². The number of hydrogen-bond donors (Lipinski definition) is 0. The molecule has 0 aliphatic carbocycles. The summed E-state index contributed by atoms with van der Waals surface area (Å²) in [6.45, 7) is 4.74. The Bertz CT molecular complexity index is 890. The summed E-state index contributed by atoms with van der Waals surface area (Å²) in [5.74, 6) is -0.556. The smallest absolute Gasteiger partial charge is 0.254 e. The molecule has 0 bridgehead atoms. The predicted octanol–water partition coefficient (Wildman–Crippen LogP) is 3.85. The largest absolute Gasteiger partial charge is 0.338 e. The number of halogens is 2. The van der Waals surface area contributed by atoms with Gasteiger partial charge in [-0.25, -0.2) is 4.39 Å². The highest BCUT2D eigenvalue weighted by Crippen LogP contribution is 2.21. The number of amides is 2. The van der Waals surface area contributed by atoms with E-state index in [0.717, 1.165) is 18.5 Å². The number of carbonyl (C=O) groups is 2. The molecule has 0 saturated carbocycles. The fourth-order valence-corrected chi connectivity index (χ4v) is 3.75. The van der Waals surface area contributed by atoms with E-state index in [0.29, 0.717) is 36.8 Å². The average molecular weight is 432 g/mol. The predicted molar refractivity (Wildman–Crippen MR) is 116 cm³/mol. The van der Waals surface area contributed by atoms with Crippen molar-refractivity contribution in [2.45, 2.75) is 19.4 Å². The number of likely N-dealkylation sites (N-methyl/N-ethyl adjacent to an activating group) is 1. The third-order valence-corrected chi connectivity index (χ3v) is 5.88. The highest BCUT2D eigenvalue weighted by atomic mass is 35.5. The fourth-order valence-electron chi connectivity index (χ4n) is 3.62. The van der Waals surface area contributed by atoms with Gasteiger partial charge >= 0.3 is 0 Å². The van der Waals surface area contributed by atoms with Crippen LogP contribution in [0.3, 0.4) is 0 Å². The number of carbonyl (C=O) groups excluding carboxylic acids is 2. The normalized spacial score (nSPS) is 16.1. The molecule has 2 amide bonds. The Morgan fingerprint density at radius 2 is 1.83 bits per heavy atom. The van der Waals surface area contributed by atoms with Crippen molar-refractivity contribution in [3.05, 3.63) is 70.5 Å². The third-order valence-electron chi connectivity index (χ3n) is 5.63. The molecule has 1 aliphatic heterocycles. The van der Waals surface area contributed by atoms with Crippen LogP contribution >= 0.6 is 11.6 Å². The van der Waals surface area contributed by atoms with Crippen molar-refractivity contribution < 1.29 is 14.0 Å². The van der Waals surface area contributed by atoms with Gasteiger partial charge in [-0.15, -0.1) is 0 Å². The lowest BCUT2D eigenvalue weighted by Crippen LogP contribution is -2.41. The van der Waals surface area contributed by atoms with Crippen molar-refractivity contribution in [2.24, 2.45) is 0 Å². The maximum absolute atomic E-state index is 13.4. The Hall–Kier alpha value is -2.44. The summed E-state index contributed by atoms with van der Waals surface area (Å²) >= 11 is 5.95. The van der Waals surface area contributed by atoms with Crippen LogP contribution in [-0.2, 0) is 4.79 Å². The molecule has 2 aromatic carbocycles. The van der Waals surface area contributed by atoms with E-state index in [-0.39, 0.29) is 17.9 Å². The van der Waals surface area contributed by atoms with Crippen molar-refractivity contribution in [1.82, 2.24) is 14.7 Å². The summed E-state index contributed by atoms with van der Waals surface area (Å²) < 4.78 is 13.4. The Morgan fingerprint density at radius 3 is 2.53 bits per heavy atom. The summed E-state index contributed by atoms with van der Waals surface area (Å²) in [7, 11) is 1.80. The first-order chi connectivity index (χ1) is 14.3. The molecule has 1 fully saturated rings. The van der Waals surface area contributed by atoms with Crippen molar-refractivity contribution in [3.8, 4) is 0 Å². The molecule has 30 heavy (non-hydrogen) atoms. The average Bonchev–Trinajstić information content (AvgIpc) is 2.98. The zero-order valence-corrected chi connectivity index (χ0v) is 18.1. The third kappa shape index (κ3) is 5.58. The van der Waals surface area contributed by atoms with Crippen molar-refractivity contribution >= 4 is 23.4 Å². The van der Waals surface area contributed by atoms with Crippen LogP contribution < -0.4 is 0 Å². The summed E-state index contributed by atoms with van der Waals surface area (Å²) in [4.78, 5) is 31.0. The second-order valence-corrected chi connectivity index (χ2v) is 8.10. The Kier molecular flexibility index (Phi) is 7.45. The van der Waals surface area contributed by atoms with Gasteiger partial charge in [0.1, 0.15) is 5.82 Å². The minimum absolute atomic E-state index is 0.0300. The molecule has 0 radical (unpaired) electrons. The first-order valence-corrected chi connectivity index (χ1v) is 10.5. The van der Waals surface area contributed by atoms with Crippen LogP contribution in [0.5, 0.6) is 0 Å². The second-order valence-electron chi connectivity index (χ2n) is 7.66. The van der Waals surface area contributed by atoms with Gasteiger partial charge in [0.25, 0.3) is 5.91 Å². The lowest BCUT2D eigenvalue weighted by molar-refractivity contribution is -0.133. The van der Waals surface area contributed by atoms with Gasteiger partial charge in [0.2, 0.25) is 5.91 Å². The molecule has 2 aromatic rings. The molecule has 1 unspecified atom stereocenters. The molecule has 1 heterocycles. The molecule has 160 valence electrons. The fraction of sp³-hybridized carbons (Fsp3) is 0.391. The van der Waals surface area contributed by atoms with Gasteiger partial charge in [-0.2, -0.15) is 0 Å². The minimum atomic E-state index is -0.416. The van der Waals surface area contributed by atoms with Crippen molar-refractivity contribution in [3.63, 3.8) is 0 Å². The summed E-state index contributed by atoms with van der Waals surface area (Å²) in [5.41, 5.74) is 1.38. The highest BCUT2D eigenvalue weighted by Gasteiger charge is 2.24. The number of nitrogens with zero attached hydrogens (tertiary/aromatic N) is 3. The monoisotopic (exact) mass is 431 g/mol. The van der Waals surface area contributed by atoms with Crippen LogP contribution in [0.2, 0.25) is 5.02 Å². The Balaban J connectivity index is 1.55. The van der Waals surface area contributed by atoms with Crippen LogP contribution in [-0.4, -0.2) is 66.3 Å². The maximum atomic E-state index is 13.4. The molecule has 0 N–H and O–H groups in total. The van der Waals surface area contributed by atoms with E-state index in [9.17, 15) is 14.0 Å². The molecular formula is C23H27ClFN3O2. The highest BCUT2D eigenvalue weighted by molar-refractivity contribution is 6.30. The van der Waals surface area contributed by atoms with E-state index in [1.165, 1.54) is 12.1 Å². The van der Waals surface area contributed by atoms with E-state index in [1.54, 1.807) is 29.0 Å². The number of rotatable bonds is 5. The zero-order chi connectivity index (χ0) is 21.7. The summed E-state index contributed by atoms with van der Waals surface area (Å²) in [5, 5.41) is 0.668. The van der Waals surface area contributed by atoms with Crippen LogP contribution in [0.1, 0.15) is 35.3 Å². The lowest BCUT2D eigenvalue weighted by Gasteiger charge is -2.28. The molecule has 0 spiro atoms. The Labute approximate surface area is 182 Å². The van der Waals surface area contributed by atoms with Gasteiger partial charge in [-0.3, -0.25) is 14.5 Å². The Morgan fingerprint density at radius 1 is 1.10 bits per heavy atom. The van der Waals surface area contributed by atoms with E-state index in [2.05, 4.69) is 4.90 Å². The van der Waals surface area contributed by atoms with Crippen LogP contribution in [0.15, 0.2) is 48.5 Å². The van der Waals surface area contributed by atoms with Crippen molar-refractivity contribution in [1.29, 1.82) is 0 Å². The topological polar surface area (TPSA) is 43.9 Å².